The number of anilines is 1. The molecule has 7 nitrogen and oxygen atoms in total. The fraction of sp³-hybridized carbons (Fsp3) is 0.278. The third-order valence-electron chi connectivity index (χ3n) is 4.08. The van der Waals surface area contributed by atoms with E-state index in [1.165, 1.54) is 35.4 Å². The summed E-state index contributed by atoms with van der Waals surface area (Å²) in [6.45, 7) is -1.88. The fourth-order valence-electron chi connectivity index (χ4n) is 2.83. The summed E-state index contributed by atoms with van der Waals surface area (Å²) in [5.74, 6) is -0.873. The predicted molar refractivity (Wildman–Crippen MR) is 96.5 cm³/mol. The Morgan fingerprint density at radius 1 is 1.34 bits per heavy atom. The van der Waals surface area contributed by atoms with Gasteiger partial charge in [-0.15, -0.1) is 0 Å². The minimum atomic E-state index is -4.48. The summed E-state index contributed by atoms with van der Waals surface area (Å²) in [6.07, 6.45) is -3.11. The van der Waals surface area contributed by atoms with Crippen LogP contribution in [0, 0.1) is 0 Å². The Hall–Kier alpha value is -2.85. The molecule has 0 spiro atoms. The predicted octanol–water partition coefficient (Wildman–Crippen LogP) is 2.76. The van der Waals surface area contributed by atoms with Gasteiger partial charge in [0.25, 0.3) is 11.8 Å². The van der Waals surface area contributed by atoms with Crippen LogP contribution in [0.3, 0.4) is 0 Å². The third-order valence-corrected chi connectivity index (χ3v) is 4.38. The summed E-state index contributed by atoms with van der Waals surface area (Å²) in [6, 6.07) is 5.77. The van der Waals surface area contributed by atoms with Gasteiger partial charge in [-0.1, -0.05) is 17.7 Å². The van der Waals surface area contributed by atoms with Crippen LogP contribution in [0.1, 0.15) is 21.5 Å². The van der Waals surface area contributed by atoms with E-state index >= 15 is 0 Å². The zero-order chi connectivity index (χ0) is 21.2. The van der Waals surface area contributed by atoms with Crippen LogP contribution in [-0.4, -0.2) is 46.2 Å². The molecule has 1 aromatic heterocycles. The van der Waals surface area contributed by atoms with Gasteiger partial charge in [-0.25, -0.2) is 4.98 Å². The molecule has 0 saturated carbocycles. The smallest absolute Gasteiger partial charge is 0.422 e. The van der Waals surface area contributed by atoms with Gasteiger partial charge in [-0.2, -0.15) is 13.2 Å². The largest absolute Gasteiger partial charge is 0.483 e. The number of aliphatic hydroxyl groups is 1. The van der Waals surface area contributed by atoms with E-state index in [0.717, 1.165) is 0 Å². The summed E-state index contributed by atoms with van der Waals surface area (Å²) >= 11 is 5.99. The Kier molecular flexibility index (Phi) is 5.94. The monoisotopic (exact) mass is 429 g/mol. The van der Waals surface area contributed by atoms with E-state index in [-0.39, 0.29) is 35.6 Å². The number of ether oxygens (including phenoxy) is 1. The van der Waals surface area contributed by atoms with Crippen molar-refractivity contribution in [1.29, 1.82) is 0 Å². The molecule has 0 fully saturated rings. The number of aliphatic hydroxyl groups excluding tert-OH is 1. The maximum atomic E-state index is 12.6. The second kappa shape index (κ2) is 8.26. The summed E-state index contributed by atoms with van der Waals surface area (Å²) in [4.78, 5) is 29.6. The first kappa shape index (κ1) is 20.9. The van der Waals surface area contributed by atoms with Crippen molar-refractivity contribution in [2.45, 2.75) is 19.3 Å². The number of nitrogens with one attached hydrogen (secondary N) is 1. The number of rotatable bonds is 6. The zero-order valence-corrected chi connectivity index (χ0v) is 15.5. The number of nitrogens with zero attached hydrogens (tertiary/aromatic N) is 2. The SMILES string of the molecule is O=C(CO)Nc1nccc2c1CN(Cc1ccc(OCC(F)(F)F)c(Cl)c1)C2=O. The number of fused-ring (bicyclic) bond motifs is 1. The zero-order valence-electron chi connectivity index (χ0n) is 14.8. The summed E-state index contributed by atoms with van der Waals surface area (Å²) in [7, 11) is 0. The lowest BCUT2D eigenvalue weighted by Gasteiger charge is -2.17. The van der Waals surface area contributed by atoms with E-state index in [0.29, 0.717) is 16.7 Å². The van der Waals surface area contributed by atoms with Gasteiger partial charge in [0.2, 0.25) is 0 Å². The molecule has 1 aliphatic heterocycles. The van der Waals surface area contributed by atoms with Crippen LogP contribution < -0.4 is 10.1 Å². The molecule has 0 unspecified atom stereocenters. The number of benzene rings is 1. The highest BCUT2D eigenvalue weighted by Crippen LogP contribution is 2.31. The van der Waals surface area contributed by atoms with Gasteiger partial charge < -0.3 is 20.1 Å². The fourth-order valence-corrected chi connectivity index (χ4v) is 3.09. The van der Waals surface area contributed by atoms with Crippen LogP contribution in [0.15, 0.2) is 30.5 Å². The molecule has 0 saturated heterocycles. The van der Waals surface area contributed by atoms with Crippen LogP contribution in [-0.2, 0) is 17.9 Å². The molecule has 0 radical (unpaired) electrons. The quantitative estimate of drug-likeness (QED) is 0.736. The molecule has 154 valence electrons. The molecule has 1 aromatic carbocycles. The maximum Gasteiger partial charge on any atom is 0.422 e. The summed E-state index contributed by atoms with van der Waals surface area (Å²) in [5, 5.41) is 11.3. The van der Waals surface area contributed by atoms with Crippen molar-refractivity contribution in [1.82, 2.24) is 9.88 Å². The molecule has 29 heavy (non-hydrogen) atoms. The van der Waals surface area contributed by atoms with E-state index in [9.17, 15) is 22.8 Å². The molecule has 0 atom stereocenters. The van der Waals surface area contributed by atoms with Crippen molar-refractivity contribution in [3.8, 4) is 5.75 Å². The maximum absolute atomic E-state index is 12.6. The van der Waals surface area contributed by atoms with Gasteiger partial charge in [0.05, 0.1) is 11.6 Å². The van der Waals surface area contributed by atoms with Crippen molar-refractivity contribution in [3.05, 3.63) is 52.2 Å². The normalized spacial score (nSPS) is 13.4. The Bertz CT molecular complexity index is 952. The van der Waals surface area contributed by atoms with Crippen molar-refractivity contribution >= 4 is 29.2 Å². The number of halogens is 4. The van der Waals surface area contributed by atoms with E-state index < -0.39 is 25.3 Å². The number of hydrogen-bond donors (Lipinski definition) is 2. The third kappa shape index (κ3) is 4.96. The molecule has 1 aliphatic rings. The number of hydrogen-bond acceptors (Lipinski definition) is 5. The minimum absolute atomic E-state index is 0.00604. The molecule has 2 amide bonds. The van der Waals surface area contributed by atoms with Crippen LogP contribution >= 0.6 is 11.6 Å². The van der Waals surface area contributed by atoms with Crippen molar-refractivity contribution in [2.24, 2.45) is 0 Å². The van der Waals surface area contributed by atoms with Gasteiger partial charge in [0, 0.05) is 23.9 Å². The van der Waals surface area contributed by atoms with E-state index in [2.05, 4.69) is 15.0 Å². The number of carbonyl (C=O) groups excluding carboxylic acids is 2. The summed E-state index contributed by atoms with van der Waals surface area (Å²) in [5.41, 5.74) is 1.46. The molecule has 0 bridgehead atoms. The van der Waals surface area contributed by atoms with Crippen molar-refractivity contribution in [3.63, 3.8) is 0 Å². The molecule has 2 aromatic rings. The highest BCUT2D eigenvalue weighted by molar-refractivity contribution is 6.32. The lowest BCUT2D eigenvalue weighted by Crippen LogP contribution is -2.23. The van der Waals surface area contributed by atoms with Crippen molar-refractivity contribution in [2.75, 3.05) is 18.5 Å². The number of carbonyl (C=O) groups is 2. The molecule has 0 aliphatic carbocycles. The minimum Gasteiger partial charge on any atom is -0.483 e. The lowest BCUT2D eigenvalue weighted by atomic mass is 10.1. The highest BCUT2D eigenvalue weighted by atomic mass is 35.5. The molecular weight excluding hydrogens is 415 g/mol. The van der Waals surface area contributed by atoms with Crippen molar-refractivity contribution < 1.29 is 32.6 Å². The van der Waals surface area contributed by atoms with Gasteiger partial charge in [-0.05, 0) is 23.8 Å². The molecular formula is C18H15ClF3N3O4. The lowest BCUT2D eigenvalue weighted by molar-refractivity contribution is -0.153. The standard InChI is InChI=1S/C18H15ClF3N3O4/c19-13-5-10(1-2-14(13)29-9-18(20,21)22)6-25-7-12-11(17(25)28)3-4-23-16(12)24-15(27)8-26/h1-5,26H,6-9H2,(H,23,24,27). The molecule has 2 N–H and O–H groups in total. The Morgan fingerprint density at radius 2 is 2.10 bits per heavy atom. The van der Waals surface area contributed by atoms with E-state index in [1.807, 2.05) is 0 Å². The van der Waals surface area contributed by atoms with Crippen LogP contribution in [0.4, 0.5) is 19.0 Å². The molecule has 3 rings (SSSR count). The average molecular weight is 430 g/mol. The second-order valence-electron chi connectivity index (χ2n) is 6.22. The molecule has 11 heteroatoms. The Labute approximate surface area is 168 Å². The van der Waals surface area contributed by atoms with E-state index in [4.69, 9.17) is 16.7 Å². The Morgan fingerprint density at radius 3 is 2.76 bits per heavy atom. The average Bonchev–Trinajstić information content (AvgIpc) is 2.97. The number of pyridine rings is 1. The van der Waals surface area contributed by atoms with Crippen LogP contribution in [0.5, 0.6) is 5.75 Å². The summed E-state index contributed by atoms with van der Waals surface area (Å²) < 4.78 is 41.5. The first-order chi connectivity index (χ1) is 13.7. The highest BCUT2D eigenvalue weighted by Gasteiger charge is 2.31. The number of alkyl halides is 3. The number of amides is 2. The first-order valence-electron chi connectivity index (χ1n) is 8.34. The van der Waals surface area contributed by atoms with Gasteiger partial charge in [0.1, 0.15) is 18.2 Å². The van der Waals surface area contributed by atoms with Gasteiger partial charge in [0.15, 0.2) is 6.61 Å². The second-order valence-corrected chi connectivity index (χ2v) is 6.63. The van der Waals surface area contributed by atoms with Crippen LogP contribution in [0.2, 0.25) is 5.02 Å². The van der Waals surface area contributed by atoms with Gasteiger partial charge >= 0.3 is 6.18 Å². The number of aromatic nitrogens is 1. The van der Waals surface area contributed by atoms with Gasteiger partial charge in [-0.3, -0.25) is 9.59 Å². The van der Waals surface area contributed by atoms with Crippen LogP contribution in [0.25, 0.3) is 0 Å². The molecule has 2 heterocycles. The first-order valence-corrected chi connectivity index (χ1v) is 8.71. The Balaban J connectivity index is 1.73. The van der Waals surface area contributed by atoms with E-state index in [1.54, 1.807) is 0 Å². The topological polar surface area (TPSA) is 91.8 Å².